The molecule has 1 aromatic carbocycles. The van der Waals surface area contributed by atoms with E-state index in [-0.39, 0.29) is 5.41 Å². The molecule has 1 aliphatic heterocycles. The highest BCUT2D eigenvalue weighted by molar-refractivity contribution is 5.39. The van der Waals surface area contributed by atoms with Gasteiger partial charge in [-0.25, -0.2) is 0 Å². The third-order valence-corrected chi connectivity index (χ3v) is 3.59. The Balaban J connectivity index is 1.90. The summed E-state index contributed by atoms with van der Waals surface area (Å²) in [4.78, 5) is 0. The summed E-state index contributed by atoms with van der Waals surface area (Å²) in [6.07, 6.45) is 2.31. The minimum atomic E-state index is -0.291. The second kappa shape index (κ2) is 6.44. The number of nitrogens with zero attached hydrogens (tertiary/aromatic N) is 1. The van der Waals surface area contributed by atoms with Gasteiger partial charge in [0.15, 0.2) is 11.5 Å². The molecule has 19 heavy (non-hydrogen) atoms. The Labute approximate surface area is 113 Å². The molecule has 0 N–H and O–H groups in total. The third-order valence-electron chi connectivity index (χ3n) is 3.59. The molecular formula is C15H19NO3. The van der Waals surface area contributed by atoms with Gasteiger partial charge in [0, 0.05) is 19.6 Å². The standard InChI is InChI=1S/C15H19NO3/c1-17-13-4-2-3-5-14(13)19-11-8-15(12-16)6-9-18-10-7-15/h2-5H,6-11H2,1H3. The molecule has 4 heteroatoms. The van der Waals surface area contributed by atoms with E-state index in [1.54, 1.807) is 7.11 Å². The maximum Gasteiger partial charge on any atom is 0.161 e. The molecule has 0 spiro atoms. The lowest BCUT2D eigenvalue weighted by Crippen LogP contribution is -2.29. The van der Waals surface area contributed by atoms with E-state index >= 15 is 0 Å². The molecule has 4 nitrogen and oxygen atoms in total. The predicted molar refractivity (Wildman–Crippen MR) is 71.2 cm³/mol. The topological polar surface area (TPSA) is 51.5 Å². The van der Waals surface area contributed by atoms with Crippen LogP contribution in [-0.4, -0.2) is 26.9 Å². The van der Waals surface area contributed by atoms with E-state index in [0.717, 1.165) is 30.8 Å². The van der Waals surface area contributed by atoms with Gasteiger partial charge >= 0.3 is 0 Å². The van der Waals surface area contributed by atoms with Gasteiger partial charge in [0.25, 0.3) is 0 Å². The van der Waals surface area contributed by atoms with Crippen molar-refractivity contribution in [1.29, 1.82) is 5.26 Å². The molecule has 1 saturated heterocycles. The van der Waals surface area contributed by atoms with E-state index < -0.39 is 0 Å². The fourth-order valence-corrected chi connectivity index (χ4v) is 2.27. The lowest BCUT2D eigenvalue weighted by Gasteiger charge is -2.30. The highest BCUT2D eigenvalue weighted by Gasteiger charge is 2.32. The average Bonchev–Trinajstić information content (AvgIpc) is 2.49. The molecule has 1 fully saturated rings. The van der Waals surface area contributed by atoms with Gasteiger partial charge in [-0.3, -0.25) is 0 Å². The Morgan fingerprint density at radius 1 is 1.26 bits per heavy atom. The van der Waals surface area contributed by atoms with Gasteiger partial charge in [0.05, 0.1) is 25.2 Å². The van der Waals surface area contributed by atoms with Gasteiger partial charge in [-0.1, -0.05) is 12.1 Å². The molecule has 0 aliphatic carbocycles. The number of para-hydroxylation sites is 2. The van der Waals surface area contributed by atoms with E-state index in [1.165, 1.54) is 0 Å². The van der Waals surface area contributed by atoms with Crippen molar-refractivity contribution in [3.8, 4) is 17.6 Å². The molecule has 0 unspecified atom stereocenters. The minimum Gasteiger partial charge on any atom is -0.493 e. The zero-order valence-corrected chi connectivity index (χ0v) is 11.2. The lowest BCUT2D eigenvalue weighted by atomic mass is 9.79. The van der Waals surface area contributed by atoms with Gasteiger partial charge in [-0.05, 0) is 25.0 Å². The first kappa shape index (κ1) is 13.7. The monoisotopic (exact) mass is 261 g/mol. The van der Waals surface area contributed by atoms with E-state index in [4.69, 9.17) is 14.2 Å². The molecule has 0 amide bonds. The predicted octanol–water partition coefficient (Wildman–Crippen LogP) is 2.78. The van der Waals surface area contributed by atoms with Crippen LogP contribution >= 0.6 is 0 Å². The lowest BCUT2D eigenvalue weighted by molar-refractivity contribution is 0.0312. The van der Waals surface area contributed by atoms with Crippen LogP contribution in [-0.2, 0) is 4.74 Å². The summed E-state index contributed by atoms with van der Waals surface area (Å²) in [5.74, 6) is 1.45. The molecule has 2 rings (SSSR count). The van der Waals surface area contributed by atoms with Gasteiger partial charge in [0.2, 0.25) is 0 Å². The van der Waals surface area contributed by atoms with Crippen LogP contribution in [0.3, 0.4) is 0 Å². The second-order valence-corrected chi connectivity index (χ2v) is 4.75. The SMILES string of the molecule is COc1ccccc1OCCC1(C#N)CCOCC1. The number of hydrogen-bond donors (Lipinski definition) is 0. The Morgan fingerprint density at radius 3 is 2.58 bits per heavy atom. The molecule has 0 saturated carbocycles. The summed E-state index contributed by atoms with van der Waals surface area (Å²) in [6, 6.07) is 10.00. The molecule has 0 atom stereocenters. The number of ether oxygens (including phenoxy) is 3. The molecule has 1 aromatic rings. The molecule has 1 heterocycles. The van der Waals surface area contributed by atoms with Gasteiger partial charge in [0.1, 0.15) is 0 Å². The average molecular weight is 261 g/mol. The highest BCUT2D eigenvalue weighted by atomic mass is 16.5. The maximum absolute atomic E-state index is 9.35. The van der Waals surface area contributed by atoms with Crippen LogP contribution in [0.25, 0.3) is 0 Å². The van der Waals surface area contributed by atoms with E-state index in [1.807, 2.05) is 24.3 Å². The van der Waals surface area contributed by atoms with Crippen molar-refractivity contribution < 1.29 is 14.2 Å². The summed E-state index contributed by atoms with van der Waals surface area (Å²) < 4.78 is 16.3. The number of hydrogen-bond acceptors (Lipinski definition) is 4. The second-order valence-electron chi connectivity index (χ2n) is 4.75. The highest BCUT2D eigenvalue weighted by Crippen LogP contribution is 2.34. The third kappa shape index (κ3) is 3.39. The number of benzene rings is 1. The van der Waals surface area contributed by atoms with Crippen molar-refractivity contribution in [1.82, 2.24) is 0 Å². The summed E-state index contributed by atoms with van der Waals surface area (Å²) in [5.41, 5.74) is -0.291. The summed E-state index contributed by atoms with van der Waals surface area (Å²) in [6.45, 7) is 1.86. The normalized spacial score (nSPS) is 17.5. The summed E-state index contributed by atoms with van der Waals surface area (Å²) in [7, 11) is 1.62. The molecule has 0 bridgehead atoms. The van der Waals surface area contributed by atoms with Gasteiger partial charge in [-0.15, -0.1) is 0 Å². The van der Waals surface area contributed by atoms with Crippen LogP contribution in [0, 0.1) is 16.7 Å². The van der Waals surface area contributed by atoms with Gasteiger partial charge in [-0.2, -0.15) is 5.26 Å². The number of rotatable bonds is 5. The van der Waals surface area contributed by atoms with Crippen molar-refractivity contribution in [2.75, 3.05) is 26.9 Å². The van der Waals surface area contributed by atoms with Crippen molar-refractivity contribution >= 4 is 0 Å². The Morgan fingerprint density at radius 2 is 1.95 bits per heavy atom. The Hall–Kier alpha value is -1.73. The van der Waals surface area contributed by atoms with E-state index in [2.05, 4.69) is 6.07 Å². The van der Waals surface area contributed by atoms with Gasteiger partial charge < -0.3 is 14.2 Å². The van der Waals surface area contributed by atoms with E-state index in [0.29, 0.717) is 19.8 Å². The quantitative estimate of drug-likeness (QED) is 0.817. The van der Waals surface area contributed by atoms with Crippen LogP contribution < -0.4 is 9.47 Å². The fourth-order valence-electron chi connectivity index (χ4n) is 2.27. The largest absolute Gasteiger partial charge is 0.493 e. The number of nitriles is 1. The van der Waals surface area contributed by atoms with E-state index in [9.17, 15) is 5.26 Å². The maximum atomic E-state index is 9.35. The summed E-state index contributed by atoms with van der Waals surface area (Å²) in [5, 5.41) is 9.35. The van der Waals surface area contributed by atoms with Crippen molar-refractivity contribution in [3.63, 3.8) is 0 Å². The molecule has 0 radical (unpaired) electrons. The van der Waals surface area contributed by atoms with Crippen molar-refractivity contribution in [2.24, 2.45) is 5.41 Å². The van der Waals surface area contributed by atoms with Crippen LogP contribution in [0.15, 0.2) is 24.3 Å². The van der Waals surface area contributed by atoms with Crippen LogP contribution in [0.2, 0.25) is 0 Å². The van der Waals surface area contributed by atoms with Crippen molar-refractivity contribution in [2.45, 2.75) is 19.3 Å². The molecule has 102 valence electrons. The first-order chi connectivity index (χ1) is 9.29. The smallest absolute Gasteiger partial charge is 0.161 e. The van der Waals surface area contributed by atoms with Crippen LogP contribution in [0.4, 0.5) is 0 Å². The Kier molecular flexibility index (Phi) is 4.64. The summed E-state index contributed by atoms with van der Waals surface area (Å²) >= 11 is 0. The van der Waals surface area contributed by atoms with Crippen LogP contribution in [0.5, 0.6) is 11.5 Å². The molecule has 0 aromatic heterocycles. The molecular weight excluding hydrogens is 242 g/mol. The zero-order chi connectivity index (χ0) is 13.6. The van der Waals surface area contributed by atoms with Crippen LogP contribution in [0.1, 0.15) is 19.3 Å². The minimum absolute atomic E-state index is 0.291. The first-order valence-electron chi connectivity index (χ1n) is 6.54. The number of methoxy groups -OCH3 is 1. The first-order valence-corrected chi connectivity index (χ1v) is 6.54. The zero-order valence-electron chi connectivity index (χ0n) is 11.2. The Bertz CT molecular complexity index is 447. The van der Waals surface area contributed by atoms with Crippen molar-refractivity contribution in [3.05, 3.63) is 24.3 Å². The fraction of sp³-hybridized carbons (Fsp3) is 0.533. The molecule has 1 aliphatic rings.